The summed E-state index contributed by atoms with van der Waals surface area (Å²) in [6.07, 6.45) is 34.6. The molecule has 1 nitrogen and oxygen atoms in total. The second-order valence-corrected chi connectivity index (χ2v) is 11.6. The van der Waals surface area contributed by atoms with Gasteiger partial charge in [-0.3, -0.25) is 0 Å². The Balaban J connectivity index is 1.93. The molecule has 0 bridgehead atoms. The van der Waals surface area contributed by atoms with E-state index in [1.807, 2.05) is 0 Å². The molecular formula is C29H55N. The molecule has 0 aliphatic heterocycles. The van der Waals surface area contributed by atoms with Crippen LogP contribution in [-0.2, 0) is 0 Å². The molecule has 0 amide bonds. The number of hydrogen-bond donors (Lipinski definition) is 1. The molecule has 0 aromatic carbocycles. The molecule has 30 heavy (non-hydrogen) atoms. The van der Waals surface area contributed by atoms with E-state index in [1.54, 1.807) is 0 Å². The van der Waals surface area contributed by atoms with Gasteiger partial charge in [-0.1, -0.05) is 103 Å². The molecule has 2 N–H and O–H groups in total. The van der Waals surface area contributed by atoms with E-state index in [2.05, 4.69) is 26.0 Å². The summed E-state index contributed by atoms with van der Waals surface area (Å²) in [7, 11) is 0. The first-order chi connectivity index (χ1) is 14.6. The Labute approximate surface area is 190 Å². The van der Waals surface area contributed by atoms with Crippen LogP contribution in [-0.4, -0.2) is 6.04 Å². The zero-order chi connectivity index (χ0) is 21.5. The highest BCUT2D eigenvalue weighted by molar-refractivity contribution is 4.92. The smallest absolute Gasteiger partial charge is 0.00388 e. The third kappa shape index (κ3) is 11.9. The summed E-state index contributed by atoms with van der Waals surface area (Å²) >= 11 is 0. The van der Waals surface area contributed by atoms with E-state index in [-0.39, 0.29) is 0 Å². The Morgan fingerprint density at radius 2 is 1.13 bits per heavy atom. The van der Waals surface area contributed by atoms with Gasteiger partial charge in [-0.2, -0.15) is 0 Å². The summed E-state index contributed by atoms with van der Waals surface area (Å²) in [5.41, 5.74) is 6.87. The van der Waals surface area contributed by atoms with Gasteiger partial charge in [-0.25, -0.2) is 0 Å². The third-order valence-corrected chi connectivity index (χ3v) is 8.15. The molecule has 3 atom stereocenters. The molecule has 0 radical (unpaired) electrons. The lowest BCUT2D eigenvalue weighted by Crippen LogP contribution is -2.19. The van der Waals surface area contributed by atoms with Gasteiger partial charge in [0.25, 0.3) is 0 Å². The summed E-state index contributed by atoms with van der Waals surface area (Å²) in [5, 5.41) is 0. The molecule has 2 aliphatic carbocycles. The molecule has 1 heteroatoms. The van der Waals surface area contributed by atoms with Crippen molar-refractivity contribution in [3.63, 3.8) is 0 Å². The van der Waals surface area contributed by atoms with Crippen molar-refractivity contribution in [2.75, 3.05) is 0 Å². The fraction of sp³-hybridized carbons (Fsp3) is 0.931. The van der Waals surface area contributed by atoms with Crippen molar-refractivity contribution in [3.8, 4) is 0 Å². The lowest BCUT2D eigenvalue weighted by Gasteiger charge is -2.29. The van der Waals surface area contributed by atoms with Crippen LogP contribution < -0.4 is 5.73 Å². The van der Waals surface area contributed by atoms with Crippen molar-refractivity contribution in [2.45, 2.75) is 155 Å². The lowest BCUT2D eigenvalue weighted by molar-refractivity contribution is 0.253. The molecule has 2 rings (SSSR count). The molecule has 0 aromatic heterocycles. The summed E-state index contributed by atoms with van der Waals surface area (Å²) in [5.74, 6) is 1.77. The van der Waals surface area contributed by atoms with Gasteiger partial charge in [0.05, 0.1) is 0 Å². The highest BCUT2D eigenvalue weighted by Crippen LogP contribution is 2.35. The van der Waals surface area contributed by atoms with E-state index in [0.29, 0.717) is 11.5 Å². The molecule has 0 saturated heterocycles. The average molecular weight is 418 g/mol. The Bertz CT molecular complexity index is 438. The predicted molar refractivity (Wildman–Crippen MR) is 135 cm³/mol. The normalized spacial score (nSPS) is 33.2. The van der Waals surface area contributed by atoms with Crippen molar-refractivity contribution >= 4 is 0 Å². The number of nitrogens with two attached hydrogens (primary N) is 1. The summed E-state index contributed by atoms with van der Waals surface area (Å²) in [6, 6.07) is 0.466. The Kier molecular flexibility index (Phi) is 13.4. The summed E-state index contributed by atoms with van der Waals surface area (Å²) < 4.78 is 0. The van der Waals surface area contributed by atoms with Gasteiger partial charge >= 0.3 is 0 Å². The van der Waals surface area contributed by atoms with E-state index >= 15 is 0 Å². The van der Waals surface area contributed by atoms with Crippen LogP contribution in [0, 0.1) is 17.3 Å². The van der Waals surface area contributed by atoms with Crippen LogP contribution >= 0.6 is 0 Å². The van der Waals surface area contributed by atoms with Crippen LogP contribution in [0.4, 0.5) is 0 Å². The van der Waals surface area contributed by atoms with Crippen molar-refractivity contribution in [1.82, 2.24) is 0 Å². The maximum absolute atomic E-state index is 6.32. The van der Waals surface area contributed by atoms with Crippen LogP contribution in [0.1, 0.15) is 149 Å². The fourth-order valence-corrected chi connectivity index (χ4v) is 5.97. The Morgan fingerprint density at radius 3 is 1.80 bits per heavy atom. The van der Waals surface area contributed by atoms with Crippen molar-refractivity contribution < 1.29 is 0 Å². The minimum absolute atomic E-state index is 0.466. The zero-order valence-electron chi connectivity index (χ0n) is 20.8. The van der Waals surface area contributed by atoms with Gasteiger partial charge in [0, 0.05) is 6.04 Å². The topological polar surface area (TPSA) is 26.0 Å². The van der Waals surface area contributed by atoms with Crippen molar-refractivity contribution in [3.05, 3.63) is 12.2 Å². The number of rotatable bonds is 1. The van der Waals surface area contributed by atoms with Crippen LogP contribution in [0.5, 0.6) is 0 Å². The van der Waals surface area contributed by atoms with E-state index in [0.717, 1.165) is 11.8 Å². The average Bonchev–Trinajstić information content (AvgIpc) is 2.71. The lowest BCUT2D eigenvalue weighted by atomic mass is 9.77. The monoisotopic (exact) mass is 417 g/mol. The third-order valence-electron chi connectivity index (χ3n) is 8.15. The minimum atomic E-state index is 0.466. The van der Waals surface area contributed by atoms with Crippen LogP contribution in [0.2, 0.25) is 0 Å². The van der Waals surface area contributed by atoms with Gasteiger partial charge in [0.2, 0.25) is 0 Å². The van der Waals surface area contributed by atoms with Gasteiger partial charge in [0.1, 0.15) is 0 Å². The van der Waals surface area contributed by atoms with E-state index in [4.69, 9.17) is 5.73 Å². The quantitative estimate of drug-likeness (QED) is 0.422. The number of hydrogen-bond acceptors (Lipinski definition) is 1. The highest BCUT2D eigenvalue weighted by Gasteiger charge is 2.22. The molecule has 1 fully saturated rings. The van der Waals surface area contributed by atoms with Crippen molar-refractivity contribution in [1.29, 1.82) is 0 Å². The molecule has 176 valence electrons. The molecular weight excluding hydrogens is 362 g/mol. The van der Waals surface area contributed by atoms with Gasteiger partial charge < -0.3 is 5.73 Å². The molecule has 1 saturated carbocycles. The second-order valence-electron chi connectivity index (χ2n) is 11.6. The zero-order valence-corrected chi connectivity index (χ0v) is 20.8. The molecule has 0 heterocycles. The first-order valence-corrected chi connectivity index (χ1v) is 14.0. The second kappa shape index (κ2) is 15.5. The van der Waals surface area contributed by atoms with Crippen LogP contribution in [0.25, 0.3) is 0 Å². The predicted octanol–water partition coefficient (Wildman–Crippen LogP) is 9.35. The minimum Gasteiger partial charge on any atom is -0.328 e. The van der Waals surface area contributed by atoms with Crippen LogP contribution in [0.3, 0.4) is 0 Å². The Morgan fingerprint density at radius 1 is 0.600 bits per heavy atom. The molecule has 3 unspecified atom stereocenters. The summed E-state index contributed by atoms with van der Waals surface area (Å²) in [6.45, 7) is 5.03. The molecule has 2 aliphatic rings. The standard InChI is InChI=1S/C29H55N/c1-29(2)24-16-10-4-6-12-20-27(21-17-25-29)26-18-11-5-3-7-14-22-28(30)23-15-9-8-13-19-26/h12,20,26-28H,3-11,13-19,21-25,30H2,1-2H3/b20-12-. The number of allylic oxidation sites excluding steroid dienone is 2. The largest absolute Gasteiger partial charge is 0.328 e. The first-order valence-electron chi connectivity index (χ1n) is 14.0. The SMILES string of the molecule is CC1(C)CCCCC/C=C\C(C2CCCCCCCC(N)CCCCCC2)CCC1. The van der Waals surface area contributed by atoms with Crippen LogP contribution in [0.15, 0.2) is 12.2 Å². The highest BCUT2D eigenvalue weighted by atomic mass is 14.6. The molecule has 0 aromatic rings. The Hall–Kier alpha value is -0.300. The summed E-state index contributed by atoms with van der Waals surface area (Å²) in [4.78, 5) is 0. The van der Waals surface area contributed by atoms with E-state index < -0.39 is 0 Å². The van der Waals surface area contributed by atoms with Gasteiger partial charge in [-0.15, -0.1) is 0 Å². The maximum Gasteiger partial charge on any atom is 0.00388 e. The van der Waals surface area contributed by atoms with E-state index in [1.165, 1.54) is 135 Å². The first kappa shape index (κ1) is 26.0. The van der Waals surface area contributed by atoms with Gasteiger partial charge in [-0.05, 0) is 75.0 Å². The molecule has 0 spiro atoms. The van der Waals surface area contributed by atoms with Gasteiger partial charge in [0.15, 0.2) is 0 Å². The fourth-order valence-electron chi connectivity index (χ4n) is 5.97. The van der Waals surface area contributed by atoms with E-state index in [9.17, 15) is 0 Å². The maximum atomic E-state index is 6.32. The van der Waals surface area contributed by atoms with Crippen molar-refractivity contribution in [2.24, 2.45) is 23.0 Å².